The summed E-state index contributed by atoms with van der Waals surface area (Å²) in [6.45, 7) is 2.50. The summed E-state index contributed by atoms with van der Waals surface area (Å²) in [6, 6.07) is 15.5. The molecule has 9 heteroatoms. The van der Waals surface area contributed by atoms with Crippen LogP contribution >= 0.6 is 11.6 Å². The number of nitrogens with one attached hydrogen (secondary N) is 2. The summed E-state index contributed by atoms with van der Waals surface area (Å²) in [7, 11) is 0. The van der Waals surface area contributed by atoms with Crippen LogP contribution in [0.5, 0.6) is 0 Å². The number of halogens is 1. The average molecular weight is 452 g/mol. The molecule has 2 fully saturated rings. The molecule has 32 heavy (non-hydrogen) atoms. The minimum absolute atomic E-state index is 0.0716. The Hall–Kier alpha value is -3.57. The fraction of sp³-hybridized carbons (Fsp3) is 0.304. The van der Waals surface area contributed by atoms with E-state index in [0.717, 1.165) is 5.69 Å². The van der Waals surface area contributed by atoms with Gasteiger partial charge in [0, 0.05) is 43.3 Å². The zero-order valence-electron chi connectivity index (χ0n) is 17.3. The topological polar surface area (TPSA) is 106 Å². The van der Waals surface area contributed by atoms with Gasteiger partial charge in [-0.25, -0.2) is 4.79 Å². The van der Waals surface area contributed by atoms with Crippen LogP contribution in [0.4, 0.5) is 10.5 Å². The Balaban J connectivity index is 1.41. The number of benzene rings is 2. The van der Waals surface area contributed by atoms with Crippen molar-refractivity contribution in [2.75, 3.05) is 31.1 Å². The lowest BCUT2D eigenvalue weighted by atomic mass is 9.85. The van der Waals surface area contributed by atoms with Crippen LogP contribution in [-0.2, 0) is 15.1 Å². The maximum atomic E-state index is 12.9. The number of amides is 4. The fourth-order valence-electron chi connectivity index (χ4n) is 4.18. The minimum atomic E-state index is -1.33. The van der Waals surface area contributed by atoms with Crippen molar-refractivity contribution in [3.8, 4) is 6.07 Å². The van der Waals surface area contributed by atoms with Crippen molar-refractivity contribution >= 4 is 35.1 Å². The Morgan fingerprint density at radius 3 is 2.41 bits per heavy atom. The summed E-state index contributed by atoms with van der Waals surface area (Å²) in [5, 5.41) is 14.6. The van der Waals surface area contributed by atoms with Gasteiger partial charge in [-0.15, -0.1) is 0 Å². The predicted molar refractivity (Wildman–Crippen MR) is 119 cm³/mol. The molecule has 2 aromatic rings. The number of anilines is 1. The molecule has 0 spiro atoms. The first-order valence-corrected chi connectivity index (χ1v) is 10.7. The lowest BCUT2D eigenvalue weighted by Gasteiger charge is -2.36. The second-order valence-corrected chi connectivity index (χ2v) is 8.29. The third-order valence-corrected chi connectivity index (χ3v) is 6.20. The second kappa shape index (κ2) is 8.89. The lowest BCUT2D eigenvalue weighted by Crippen LogP contribution is -2.50. The SMILES string of the molecule is N#Cc1ccc(C2(CCC(=O)N3CCN(c4cccc(Cl)c4)CC3)NC(=O)NC2=O)cc1. The molecule has 1 atom stereocenters. The summed E-state index contributed by atoms with van der Waals surface area (Å²) in [5.41, 5.74) is 0.680. The van der Waals surface area contributed by atoms with Crippen LogP contribution in [0, 0.1) is 11.3 Å². The average Bonchev–Trinajstić information content (AvgIpc) is 3.11. The Morgan fingerprint density at radius 2 is 1.81 bits per heavy atom. The first-order chi connectivity index (χ1) is 15.4. The minimum Gasteiger partial charge on any atom is -0.368 e. The van der Waals surface area contributed by atoms with Crippen molar-refractivity contribution in [1.29, 1.82) is 5.26 Å². The third kappa shape index (κ3) is 4.25. The predicted octanol–water partition coefficient (Wildman–Crippen LogP) is 2.38. The molecule has 4 amide bonds. The molecule has 1 unspecified atom stereocenters. The van der Waals surface area contributed by atoms with Crippen molar-refractivity contribution in [1.82, 2.24) is 15.5 Å². The van der Waals surface area contributed by atoms with Gasteiger partial charge in [-0.1, -0.05) is 29.8 Å². The third-order valence-electron chi connectivity index (χ3n) is 5.97. The molecule has 2 saturated heterocycles. The summed E-state index contributed by atoms with van der Waals surface area (Å²) in [5.74, 6) is -0.566. The van der Waals surface area contributed by atoms with E-state index >= 15 is 0 Å². The first-order valence-electron chi connectivity index (χ1n) is 10.3. The van der Waals surface area contributed by atoms with Crippen molar-refractivity contribution in [3.63, 3.8) is 0 Å². The number of piperazine rings is 1. The maximum Gasteiger partial charge on any atom is 0.322 e. The maximum absolute atomic E-state index is 12.9. The van der Waals surface area contributed by atoms with E-state index in [9.17, 15) is 14.4 Å². The number of nitriles is 1. The Morgan fingerprint density at radius 1 is 1.09 bits per heavy atom. The van der Waals surface area contributed by atoms with Gasteiger partial charge in [0.25, 0.3) is 5.91 Å². The molecule has 164 valence electrons. The molecule has 0 radical (unpaired) electrons. The molecule has 0 saturated carbocycles. The first kappa shape index (κ1) is 21.7. The van der Waals surface area contributed by atoms with Gasteiger partial charge in [0.2, 0.25) is 5.91 Å². The van der Waals surface area contributed by atoms with Crippen molar-refractivity contribution in [2.24, 2.45) is 0 Å². The zero-order valence-corrected chi connectivity index (χ0v) is 18.1. The quantitative estimate of drug-likeness (QED) is 0.679. The summed E-state index contributed by atoms with van der Waals surface area (Å²) < 4.78 is 0. The van der Waals surface area contributed by atoms with Gasteiger partial charge < -0.3 is 15.1 Å². The zero-order chi connectivity index (χ0) is 22.7. The van der Waals surface area contributed by atoms with E-state index in [1.165, 1.54) is 0 Å². The standard InChI is InChI=1S/C23H22ClN5O3/c24-18-2-1-3-19(14-18)28-10-12-29(13-11-28)20(30)8-9-23(21(31)26-22(32)27-23)17-6-4-16(15-25)5-7-17/h1-7,14H,8-13H2,(H2,26,27,31,32). The molecule has 0 aliphatic carbocycles. The van der Waals surface area contributed by atoms with Gasteiger partial charge >= 0.3 is 6.03 Å². The van der Waals surface area contributed by atoms with Crippen LogP contribution < -0.4 is 15.5 Å². The molecular weight excluding hydrogens is 430 g/mol. The number of carbonyl (C=O) groups is 3. The molecule has 0 bridgehead atoms. The Labute approximate surface area is 190 Å². The molecule has 2 heterocycles. The molecule has 8 nitrogen and oxygen atoms in total. The number of hydrogen-bond donors (Lipinski definition) is 2. The summed E-state index contributed by atoms with van der Waals surface area (Å²) in [6.07, 6.45) is 0.231. The highest BCUT2D eigenvalue weighted by Crippen LogP contribution is 2.31. The highest BCUT2D eigenvalue weighted by molar-refractivity contribution is 6.30. The molecule has 2 aliphatic heterocycles. The molecule has 2 aromatic carbocycles. The lowest BCUT2D eigenvalue weighted by molar-refractivity contribution is -0.132. The van der Waals surface area contributed by atoms with E-state index in [1.807, 2.05) is 30.3 Å². The molecule has 4 rings (SSSR count). The van der Waals surface area contributed by atoms with E-state index in [2.05, 4.69) is 15.5 Å². The highest BCUT2D eigenvalue weighted by atomic mass is 35.5. The number of carbonyl (C=O) groups excluding carboxylic acids is 3. The summed E-state index contributed by atoms with van der Waals surface area (Å²) >= 11 is 6.08. The van der Waals surface area contributed by atoms with Crippen molar-refractivity contribution in [3.05, 3.63) is 64.7 Å². The van der Waals surface area contributed by atoms with Crippen molar-refractivity contribution < 1.29 is 14.4 Å². The van der Waals surface area contributed by atoms with Crippen LogP contribution in [0.15, 0.2) is 48.5 Å². The van der Waals surface area contributed by atoms with Gasteiger partial charge in [-0.05, 0) is 42.3 Å². The number of imide groups is 1. The second-order valence-electron chi connectivity index (χ2n) is 7.85. The van der Waals surface area contributed by atoms with Gasteiger partial charge in [-0.3, -0.25) is 14.9 Å². The van der Waals surface area contributed by atoms with E-state index in [-0.39, 0.29) is 18.7 Å². The monoisotopic (exact) mass is 451 g/mol. The molecule has 2 N–H and O–H groups in total. The number of nitrogens with zero attached hydrogens (tertiary/aromatic N) is 3. The van der Waals surface area contributed by atoms with E-state index in [0.29, 0.717) is 42.3 Å². The van der Waals surface area contributed by atoms with Crippen molar-refractivity contribution in [2.45, 2.75) is 18.4 Å². The number of urea groups is 1. The highest BCUT2D eigenvalue weighted by Gasteiger charge is 2.47. The Bertz CT molecular complexity index is 1090. The van der Waals surface area contributed by atoms with Gasteiger partial charge in [0.15, 0.2) is 0 Å². The fourth-order valence-corrected chi connectivity index (χ4v) is 4.37. The normalized spacial score (nSPS) is 20.5. The number of rotatable bonds is 5. The largest absolute Gasteiger partial charge is 0.368 e. The van der Waals surface area contributed by atoms with Gasteiger partial charge in [0.05, 0.1) is 11.6 Å². The van der Waals surface area contributed by atoms with E-state index < -0.39 is 17.5 Å². The Kier molecular flexibility index (Phi) is 6.01. The van der Waals surface area contributed by atoms with Crippen LogP contribution in [0.1, 0.15) is 24.0 Å². The molecule has 0 aromatic heterocycles. The molecule has 2 aliphatic rings. The molecular formula is C23H22ClN5O3. The van der Waals surface area contributed by atoms with Crippen LogP contribution in [0.25, 0.3) is 0 Å². The number of hydrogen-bond acceptors (Lipinski definition) is 5. The van der Waals surface area contributed by atoms with Gasteiger partial charge in [0.1, 0.15) is 5.54 Å². The van der Waals surface area contributed by atoms with Crippen LogP contribution in [-0.4, -0.2) is 48.9 Å². The van der Waals surface area contributed by atoms with Crippen LogP contribution in [0.3, 0.4) is 0 Å². The van der Waals surface area contributed by atoms with E-state index in [4.69, 9.17) is 16.9 Å². The smallest absolute Gasteiger partial charge is 0.322 e. The van der Waals surface area contributed by atoms with Crippen LogP contribution in [0.2, 0.25) is 5.02 Å². The summed E-state index contributed by atoms with van der Waals surface area (Å²) in [4.78, 5) is 41.4. The van der Waals surface area contributed by atoms with Gasteiger partial charge in [-0.2, -0.15) is 5.26 Å². The van der Waals surface area contributed by atoms with E-state index in [1.54, 1.807) is 29.2 Å².